The van der Waals surface area contributed by atoms with Crippen molar-refractivity contribution in [2.75, 3.05) is 6.79 Å². The van der Waals surface area contributed by atoms with Crippen LogP contribution in [0.5, 0.6) is 5.75 Å². The summed E-state index contributed by atoms with van der Waals surface area (Å²) in [5.41, 5.74) is -2.47. The molecule has 2 aliphatic heterocycles. The van der Waals surface area contributed by atoms with Crippen LogP contribution >= 0.6 is 0 Å². The van der Waals surface area contributed by atoms with E-state index in [-0.39, 0.29) is 11.1 Å². The van der Waals surface area contributed by atoms with Gasteiger partial charge in [-0.25, -0.2) is 4.79 Å². The van der Waals surface area contributed by atoms with E-state index in [9.17, 15) is 18.0 Å². The summed E-state index contributed by atoms with van der Waals surface area (Å²) >= 11 is 0. The van der Waals surface area contributed by atoms with Crippen LogP contribution in [0.25, 0.3) is 0 Å². The highest BCUT2D eigenvalue weighted by Crippen LogP contribution is 2.52. The van der Waals surface area contributed by atoms with Gasteiger partial charge in [0, 0.05) is 11.1 Å². The first-order valence-corrected chi connectivity index (χ1v) is 8.19. The number of carbonyl (C=O) groups excluding carboxylic acids is 1. The van der Waals surface area contributed by atoms with Gasteiger partial charge >= 0.3 is 17.8 Å². The predicted molar refractivity (Wildman–Crippen MR) is 88.6 cm³/mol. The number of nitrogens with zero attached hydrogens (tertiary/aromatic N) is 4. The highest BCUT2D eigenvalue weighted by Gasteiger charge is 2.65. The quantitative estimate of drug-likeness (QED) is 0.529. The number of hydrogen-bond donors (Lipinski definition) is 0. The average Bonchev–Trinajstić information content (AvgIpc) is 3.58. The van der Waals surface area contributed by atoms with Gasteiger partial charge < -0.3 is 9.47 Å². The van der Waals surface area contributed by atoms with Gasteiger partial charge in [-0.05, 0) is 31.2 Å². The minimum atomic E-state index is -4.66. The Labute approximate surface area is 156 Å². The van der Waals surface area contributed by atoms with Crippen molar-refractivity contribution in [1.82, 2.24) is 0 Å². The summed E-state index contributed by atoms with van der Waals surface area (Å²) in [5, 5.41) is 14.1. The van der Waals surface area contributed by atoms with Gasteiger partial charge in [0.2, 0.25) is 12.5 Å². The summed E-state index contributed by atoms with van der Waals surface area (Å²) < 4.78 is 49.5. The van der Waals surface area contributed by atoms with Crippen molar-refractivity contribution in [3.8, 4) is 5.75 Å². The number of ether oxygens (including phenoxy) is 2. The van der Waals surface area contributed by atoms with Crippen molar-refractivity contribution in [2.45, 2.75) is 24.4 Å². The zero-order valence-corrected chi connectivity index (χ0v) is 14.5. The van der Waals surface area contributed by atoms with Crippen LogP contribution in [0.4, 0.5) is 13.2 Å². The fourth-order valence-electron chi connectivity index (χ4n) is 2.60. The molecule has 2 aliphatic rings. The molecule has 0 atom stereocenters. The Kier molecular flexibility index (Phi) is 3.95. The van der Waals surface area contributed by atoms with Crippen molar-refractivity contribution in [1.29, 1.82) is 0 Å². The molecule has 0 N–H and O–H groups in total. The van der Waals surface area contributed by atoms with Gasteiger partial charge in [0.25, 0.3) is 0 Å². The molecule has 0 aliphatic carbocycles. The standard InChI is InChI=1S/C18H13F3N4O3/c1-16(22-23-16)12-5-7-14(8-6-12)27-10-28-15(26)11-3-2-4-13(9-11)17(24-25-17)18(19,20)21/h2-9H,10H2,1H3. The molecule has 144 valence electrons. The lowest BCUT2D eigenvalue weighted by Crippen LogP contribution is -2.30. The number of alkyl halides is 3. The van der Waals surface area contributed by atoms with E-state index in [0.29, 0.717) is 5.75 Å². The molecular formula is C18H13F3N4O3. The number of carbonyl (C=O) groups is 1. The summed E-state index contributed by atoms with van der Waals surface area (Å²) in [6, 6.07) is 11.9. The topological polar surface area (TPSA) is 85.0 Å². The number of benzene rings is 2. The molecule has 2 heterocycles. The van der Waals surface area contributed by atoms with Gasteiger partial charge in [-0.2, -0.15) is 23.4 Å². The van der Waals surface area contributed by atoms with Gasteiger partial charge in [-0.1, -0.05) is 24.3 Å². The van der Waals surface area contributed by atoms with Crippen LogP contribution in [0.2, 0.25) is 0 Å². The van der Waals surface area contributed by atoms with E-state index < -0.39 is 30.3 Å². The van der Waals surface area contributed by atoms with Crippen LogP contribution in [-0.2, 0) is 16.1 Å². The third-order valence-corrected chi connectivity index (χ3v) is 4.41. The minimum Gasteiger partial charge on any atom is -0.457 e. The molecular weight excluding hydrogens is 377 g/mol. The van der Waals surface area contributed by atoms with Gasteiger partial charge in [0.05, 0.1) is 5.56 Å². The van der Waals surface area contributed by atoms with E-state index in [1.165, 1.54) is 18.2 Å². The van der Waals surface area contributed by atoms with E-state index in [2.05, 4.69) is 20.5 Å². The molecule has 10 heteroatoms. The third-order valence-electron chi connectivity index (χ3n) is 4.41. The van der Waals surface area contributed by atoms with Crippen LogP contribution in [0.15, 0.2) is 69.0 Å². The highest BCUT2D eigenvalue weighted by molar-refractivity contribution is 5.89. The fraction of sp³-hybridized carbons (Fsp3) is 0.278. The maximum atomic E-state index is 13.1. The lowest BCUT2D eigenvalue weighted by molar-refractivity contribution is -0.166. The predicted octanol–water partition coefficient (Wildman–Crippen LogP) is 4.70. The lowest BCUT2D eigenvalue weighted by Gasteiger charge is -2.15. The van der Waals surface area contributed by atoms with E-state index >= 15 is 0 Å². The second-order valence-corrected chi connectivity index (χ2v) is 6.39. The maximum Gasteiger partial charge on any atom is 0.442 e. The second kappa shape index (κ2) is 6.11. The maximum absolute atomic E-state index is 13.1. The monoisotopic (exact) mass is 390 g/mol. The van der Waals surface area contributed by atoms with Gasteiger partial charge in [0.15, 0.2) is 0 Å². The molecule has 0 unspecified atom stereocenters. The lowest BCUT2D eigenvalue weighted by atomic mass is 10.0. The second-order valence-electron chi connectivity index (χ2n) is 6.39. The Morgan fingerprint density at radius 2 is 1.68 bits per heavy atom. The van der Waals surface area contributed by atoms with E-state index in [4.69, 9.17) is 9.47 Å². The molecule has 4 rings (SSSR count). The molecule has 0 saturated heterocycles. The SMILES string of the molecule is CC1(c2ccc(OCOC(=O)c3cccc(C4(C(F)(F)F)N=N4)c3)cc2)N=N1. The minimum absolute atomic E-state index is 0.0535. The molecule has 0 saturated carbocycles. The van der Waals surface area contributed by atoms with Crippen molar-refractivity contribution in [3.63, 3.8) is 0 Å². The van der Waals surface area contributed by atoms with Crippen molar-refractivity contribution in [3.05, 3.63) is 65.2 Å². The molecule has 7 nitrogen and oxygen atoms in total. The Morgan fingerprint density at radius 3 is 2.25 bits per heavy atom. The summed E-state index contributed by atoms with van der Waals surface area (Å²) in [6.45, 7) is 1.47. The first kappa shape index (κ1) is 18.1. The van der Waals surface area contributed by atoms with Gasteiger partial charge in [-0.3, -0.25) is 0 Å². The first-order valence-electron chi connectivity index (χ1n) is 8.19. The van der Waals surface area contributed by atoms with Crippen LogP contribution < -0.4 is 4.74 Å². The molecule has 0 radical (unpaired) electrons. The molecule has 0 aromatic heterocycles. The van der Waals surface area contributed by atoms with Crippen LogP contribution in [0, 0.1) is 0 Å². The summed E-state index contributed by atoms with van der Waals surface area (Å²) in [4.78, 5) is 12.1. The van der Waals surface area contributed by atoms with Gasteiger partial charge in [0.1, 0.15) is 5.75 Å². The summed E-state index contributed by atoms with van der Waals surface area (Å²) in [6.07, 6.45) is -4.66. The van der Waals surface area contributed by atoms with E-state index in [1.807, 2.05) is 6.92 Å². The summed E-state index contributed by atoms with van der Waals surface area (Å²) in [7, 11) is 0. The molecule has 2 aromatic carbocycles. The fourth-order valence-corrected chi connectivity index (χ4v) is 2.60. The van der Waals surface area contributed by atoms with Crippen molar-refractivity contribution < 1.29 is 27.4 Å². The first-order chi connectivity index (χ1) is 13.2. The van der Waals surface area contributed by atoms with Crippen molar-refractivity contribution >= 4 is 5.97 Å². The van der Waals surface area contributed by atoms with Crippen LogP contribution in [-0.4, -0.2) is 18.9 Å². The zero-order valence-electron chi connectivity index (χ0n) is 14.5. The Bertz CT molecular complexity index is 974. The van der Waals surface area contributed by atoms with E-state index in [1.54, 1.807) is 24.3 Å². The normalized spacial score (nSPS) is 17.9. The smallest absolute Gasteiger partial charge is 0.442 e. The highest BCUT2D eigenvalue weighted by atomic mass is 19.4. The number of esters is 1. The largest absolute Gasteiger partial charge is 0.457 e. The Hall–Kier alpha value is -3.30. The van der Waals surface area contributed by atoms with Crippen LogP contribution in [0.3, 0.4) is 0 Å². The van der Waals surface area contributed by atoms with E-state index in [0.717, 1.165) is 11.6 Å². The molecule has 2 aromatic rings. The zero-order chi connectivity index (χ0) is 20.0. The Balaban J connectivity index is 1.35. The van der Waals surface area contributed by atoms with Crippen molar-refractivity contribution in [2.24, 2.45) is 20.5 Å². The molecule has 28 heavy (non-hydrogen) atoms. The number of halogens is 3. The number of hydrogen-bond acceptors (Lipinski definition) is 7. The average molecular weight is 390 g/mol. The molecule has 0 amide bonds. The third kappa shape index (κ3) is 3.21. The van der Waals surface area contributed by atoms with Gasteiger partial charge in [-0.15, -0.1) is 10.2 Å². The Morgan fingerprint density at radius 1 is 1.00 bits per heavy atom. The molecule has 0 spiro atoms. The molecule has 0 fully saturated rings. The molecule has 0 bridgehead atoms. The summed E-state index contributed by atoms with van der Waals surface area (Å²) in [5.74, 6) is -0.360. The number of rotatable bonds is 6. The van der Waals surface area contributed by atoms with Crippen LogP contribution in [0.1, 0.15) is 28.4 Å².